The number of rotatable bonds is 7. The fourth-order valence-corrected chi connectivity index (χ4v) is 6.93. The largest absolute Gasteiger partial charge is 0.458 e. The molecule has 0 N–H and O–H groups in total. The first-order chi connectivity index (χ1) is 18.7. The minimum Gasteiger partial charge on any atom is -0.458 e. The first kappa shape index (κ1) is 30.1. The molecule has 2 bridgehead atoms. The van der Waals surface area contributed by atoms with Gasteiger partial charge in [-0.2, -0.15) is 0 Å². The van der Waals surface area contributed by atoms with Crippen molar-refractivity contribution in [2.45, 2.75) is 96.7 Å². The van der Waals surface area contributed by atoms with E-state index >= 15 is 0 Å². The van der Waals surface area contributed by atoms with Gasteiger partial charge in [0.05, 0.1) is 0 Å². The van der Waals surface area contributed by atoms with Crippen LogP contribution in [0.4, 0.5) is 4.79 Å². The number of benzene rings is 1. The first-order valence-corrected chi connectivity index (χ1v) is 14.4. The number of amides is 1. The van der Waals surface area contributed by atoms with Crippen LogP contribution in [0.1, 0.15) is 73.3 Å². The summed E-state index contributed by atoms with van der Waals surface area (Å²) in [6.07, 6.45) is 3.95. The van der Waals surface area contributed by atoms with Crippen LogP contribution in [0.2, 0.25) is 0 Å². The molecule has 220 valence electrons. The summed E-state index contributed by atoms with van der Waals surface area (Å²) >= 11 is 0. The summed E-state index contributed by atoms with van der Waals surface area (Å²) in [6, 6.07) is 9.63. The van der Waals surface area contributed by atoms with E-state index in [-0.39, 0.29) is 24.3 Å². The zero-order valence-electron chi connectivity index (χ0n) is 25.1. The van der Waals surface area contributed by atoms with E-state index in [2.05, 4.69) is 20.8 Å². The summed E-state index contributed by atoms with van der Waals surface area (Å²) in [7, 11) is 1.52. The minimum absolute atomic E-state index is 0.00427. The molecule has 0 spiro atoms. The number of carbonyl (C=O) groups is 3. The van der Waals surface area contributed by atoms with Crippen LogP contribution >= 0.6 is 0 Å². The highest BCUT2D eigenvalue weighted by molar-refractivity contribution is 5.87. The fourth-order valence-electron chi connectivity index (χ4n) is 6.93. The Bertz CT molecular complexity index is 1130. The lowest BCUT2D eigenvalue weighted by Crippen LogP contribution is -2.62. The van der Waals surface area contributed by atoms with Crippen molar-refractivity contribution in [3.05, 3.63) is 42.0 Å². The summed E-state index contributed by atoms with van der Waals surface area (Å²) in [6.45, 7) is 13.5. The molecule has 0 radical (unpaired) electrons. The smallest absolute Gasteiger partial charge is 0.410 e. The highest BCUT2D eigenvalue weighted by atomic mass is 16.6. The van der Waals surface area contributed by atoms with Crippen molar-refractivity contribution < 1.29 is 33.3 Å². The van der Waals surface area contributed by atoms with Gasteiger partial charge in [0.2, 0.25) is 0 Å². The van der Waals surface area contributed by atoms with Crippen molar-refractivity contribution in [1.82, 2.24) is 4.90 Å². The average molecular weight is 556 g/mol. The van der Waals surface area contributed by atoms with Crippen LogP contribution in [0.5, 0.6) is 0 Å². The molecule has 3 aliphatic rings. The quantitative estimate of drug-likeness (QED) is 0.244. The van der Waals surface area contributed by atoms with E-state index < -0.39 is 47.0 Å². The van der Waals surface area contributed by atoms with Crippen LogP contribution in [-0.4, -0.2) is 65.5 Å². The SMILES string of the molecule is CC(C)[C@@]12C[C@@H](OC(=O)CN(C)C(=O)OC(C)(C)C)C(C)(O1)[C@@H]1CC[C@@H](C)[C@H]1[C@@H]2OC(=O)/C=C/c1ccccc1. The molecule has 1 unspecified atom stereocenters. The van der Waals surface area contributed by atoms with Crippen molar-refractivity contribution in [2.75, 3.05) is 13.6 Å². The van der Waals surface area contributed by atoms with Gasteiger partial charge in [0.25, 0.3) is 0 Å². The van der Waals surface area contributed by atoms with E-state index in [1.54, 1.807) is 26.8 Å². The lowest BCUT2D eigenvalue weighted by Gasteiger charge is -2.52. The third-order valence-corrected chi connectivity index (χ3v) is 8.95. The van der Waals surface area contributed by atoms with Gasteiger partial charge < -0.3 is 23.8 Å². The second-order valence-corrected chi connectivity index (χ2v) is 13.3. The molecule has 2 heterocycles. The number of hydrogen-bond acceptors (Lipinski definition) is 7. The first-order valence-electron chi connectivity index (χ1n) is 14.4. The lowest BCUT2D eigenvalue weighted by molar-refractivity contribution is -0.264. The van der Waals surface area contributed by atoms with Gasteiger partial charge in [-0.05, 0) is 69.9 Å². The van der Waals surface area contributed by atoms with Gasteiger partial charge in [0.15, 0.2) is 0 Å². The number of hydrogen-bond donors (Lipinski definition) is 0. The van der Waals surface area contributed by atoms with Gasteiger partial charge in [-0.25, -0.2) is 9.59 Å². The average Bonchev–Trinajstić information content (AvgIpc) is 3.38. The van der Waals surface area contributed by atoms with Crippen molar-refractivity contribution >= 4 is 24.1 Å². The molecule has 8 nitrogen and oxygen atoms in total. The molecular weight excluding hydrogens is 510 g/mol. The molecular formula is C32H45NO7. The van der Waals surface area contributed by atoms with Gasteiger partial charge in [0.1, 0.15) is 35.6 Å². The molecule has 1 amide bonds. The molecule has 0 aromatic heterocycles. The standard InChI is InChI=1S/C32H45NO7/c1-20(2)32-18-24(37-26(35)19-33(8)29(36)39-30(4,5)6)31(7,40-32)23-16-14-21(3)27(23)28(32)38-25(34)17-15-22-12-10-9-11-13-22/h9-13,15,17,20-21,23-24,27-28H,14,16,18-19H2,1-8H3/b17-15+/t21-,23-,24-,27-,28+,31?,32-/m1/s1. The second kappa shape index (κ2) is 11.2. The van der Waals surface area contributed by atoms with Crippen LogP contribution in [0.3, 0.4) is 0 Å². The maximum atomic E-state index is 13.1. The Morgan fingerprint density at radius 2 is 1.80 bits per heavy atom. The van der Waals surface area contributed by atoms with E-state index in [4.69, 9.17) is 18.9 Å². The van der Waals surface area contributed by atoms with Gasteiger partial charge >= 0.3 is 18.0 Å². The third kappa shape index (κ3) is 5.92. The van der Waals surface area contributed by atoms with E-state index in [0.29, 0.717) is 12.3 Å². The van der Waals surface area contributed by atoms with Crippen LogP contribution in [-0.2, 0) is 28.5 Å². The number of carbonyl (C=O) groups excluding carboxylic acids is 3. The van der Waals surface area contributed by atoms with E-state index in [1.807, 2.05) is 37.3 Å². The maximum Gasteiger partial charge on any atom is 0.410 e. The van der Waals surface area contributed by atoms with Gasteiger partial charge in [-0.15, -0.1) is 0 Å². The zero-order chi connectivity index (χ0) is 29.5. The normalized spacial score (nSPS) is 33.1. The zero-order valence-corrected chi connectivity index (χ0v) is 25.1. The summed E-state index contributed by atoms with van der Waals surface area (Å²) in [5, 5.41) is 0. The number of fused-ring (bicyclic) bond motifs is 4. The van der Waals surface area contributed by atoms with E-state index in [0.717, 1.165) is 18.4 Å². The van der Waals surface area contributed by atoms with Crippen LogP contribution in [0, 0.1) is 23.7 Å². The lowest BCUT2D eigenvalue weighted by atomic mass is 9.69. The Kier molecular flexibility index (Phi) is 8.42. The highest BCUT2D eigenvalue weighted by Crippen LogP contribution is 2.63. The molecule has 2 aliphatic heterocycles. The predicted octanol–water partition coefficient (Wildman–Crippen LogP) is 5.64. The second-order valence-electron chi connectivity index (χ2n) is 13.3. The molecule has 2 saturated heterocycles. The van der Waals surface area contributed by atoms with Gasteiger partial charge in [-0.3, -0.25) is 4.79 Å². The molecule has 1 saturated carbocycles. The Balaban J connectivity index is 1.55. The topological polar surface area (TPSA) is 91.4 Å². The van der Waals surface area contributed by atoms with E-state index in [1.165, 1.54) is 18.0 Å². The van der Waals surface area contributed by atoms with Crippen molar-refractivity contribution in [3.8, 4) is 0 Å². The van der Waals surface area contributed by atoms with Crippen LogP contribution < -0.4 is 0 Å². The van der Waals surface area contributed by atoms with Gasteiger partial charge in [0, 0.05) is 25.5 Å². The molecule has 3 fully saturated rings. The Morgan fingerprint density at radius 3 is 2.42 bits per heavy atom. The predicted molar refractivity (Wildman–Crippen MR) is 151 cm³/mol. The summed E-state index contributed by atoms with van der Waals surface area (Å²) in [4.78, 5) is 39.9. The van der Waals surface area contributed by atoms with Crippen LogP contribution in [0.25, 0.3) is 6.08 Å². The summed E-state index contributed by atoms with van der Waals surface area (Å²) in [5.41, 5.74) is -1.27. The van der Waals surface area contributed by atoms with E-state index in [9.17, 15) is 14.4 Å². The Hall–Kier alpha value is -2.87. The number of esters is 2. The van der Waals surface area contributed by atoms with Crippen LogP contribution in [0.15, 0.2) is 36.4 Å². The molecule has 7 atom stereocenters. The molecule has 1 aliphatic carbocycles. The molecule has 4 rings (SSSR count). The molecule has 1 aromatic carbocycles. The minimum atomic E-state index is -0.799. The fraction of sp³-hybridized carbons (Fsp3) is 0.656. The highest BCUT2D eigenvalue weighted by Gasteiger charge is 2.72. The molecule has 40 heavy (non-hydrogen) atoms. The van der Waals surface area contributed by atoms with Crippen molar-refractivity contribution in [2.24, 2.45) is 23.7 Å². The van der Waals surface area contributed by atoms with Crippen molar-refractivity contribution in [3.63, 3.8) is 0 Å². The monoisotopic (exact) mass is 555 g/mol. The van der Waals surface area contributed by atoms with Gasteiger partial charge in [-0.1, -0.05) is 51.1 Å². The Labute approximate surface area is 238 Å². The maximum absolute atomic E-state index is 13.1. The third-order valence-electron chi connectivity index (χ3n) is 8.95. The molecule has 8 heteroatoms. The number of nitrogens with zero attached hydrogens (tertiary/aromatic N) is 1. The summed E-state index contributed by atoms with van der Waals surface area (Å²) < 4.78 is 24.7. The Morgan fingerprint density at radius 1 is 1.12 bits per heavy atom. The number of ether oxygens (including phenoxy) is 4. The summed E-state index contributed by atoms with van der Waals surface area (Å²) in [5.74, 6) is -0.438. The molecule has 1 aromatic rings. The van der Waals surface area contributed by atoms with Crippen molar-refractivity contribution in [1.29, 1.82) is 0 Å². The number of likely N-dealkylation sites (N-methyl/N-ethyl adjacent to an activating group) is 1.